The minimum Gasteiger partial charge on any atom is -0.508 e. The van der Waals surface area contributed by atoms with E-state index in [1.165, 1.54) is 12.1 Å². The number of aryl methyl sites for hydroxylation is 1. The number of carbonyl (C=O) groups excluding carboxylic acids is 1. The molecule has 8 heteroatoms. The van der Waals surface area contributed by atoms with Crippen molar-refractivity contribution >= 4 is 5.78 Å². The van der Waals surface area contributed by atoms with Crippen molar-refractivity contribution in [2.45, 2.75) is 12.8 Å². The molecule has 0 fully saturated rings. The first-order valence-corrected chi connectivity index (χ1v) is 6.48. The molecule has 0 aliphatic heterocycles. The van der Waals surface area contributed by atoms with Crippen LogP contribution in [0.5, 0.6) is 34.5 Å². The van der Waals surface area contributed by atoms with Crippen LogP contribution in [0.15, 0.2) is 24.3 Å². The largest absolute Gasteiger partial charge is 0.508 e. The topological polar surface area (TPSA) is 148 Å². The monoisotopic (exact) mass is 322 g/mol. The summed E-state index contributed by atoms with van der Waals surface area (Å²) >= 11 is 0. The lowest BCUT2D eigenvalue weighted by molar-refractivity contribution is -0.139. The molecular formula is C15H14O8. The molecule has 0 atom stereocenters. The van der Waals surface area contributed by atoms with E-state index in [0.29, 0.717) is 0 Å². The van der Waals surface area contributed by atoms with E-state index in [1.54, 1.807) is 0 Å². The lowest BCUT2D eigenvalue weighted by Gasteiger charge is -2.10. The molecule has 0 bridgehead atoms. The van der Waals surface area contributed by atoms with Crippen molar-refractivity contribution < 1.29 is 40.5 Å². The van der Waals surface area contributed by atoms with Gasteiger partial charge in [-0.2, -0.15) is 0 Å². The number of ketones is 1. The van der Waals surface area contributed by atoms with Crippen LogP contribution in [0.25, 0.3) is 0 Å². The molecule has 2 rings (SSSR count). The van der Waals surface area contributed by atoms with Crippen LogP contribution in [0.1, 0.15) is 22.3 Å². The molecule has 0 aliphatic rings. The third-order valence-corrected chi connectivity index (χ3v) is 3.28. The maximum atomic E-state index is 12.1. The molecule has 23 heavy (non-hydrogen) atoms. The Morgan fingerprint density at radius 3 is 2.13 bits per heavy atom. The molecule has 0 unspecified atom stereocenters. The molecule has 0 amide bonds. The lowest BCUT2D eigenvalue weighted by Crippen LogP contribution is -2.02. The molecule has 0 saturated carbocycles. The SMILES string of the molecule is O=C(CCc1ccc(OO)c(O)c1O)c1c(O)cc(O)cc1O. The average molecular weight is 322 g/mol. The van der Waals surface area contributed by atoms with E-state index in [0.717, 1.165) is 12.1 Å². The molecule has 0 radical (unpaired) electrons. The van der Waals surface area contributed by atoms with Crippen molar-refractivity contribution in [3.05, 3.63) is 35.4 Å². The number of Topliss-reactive ketones (excluding diaryl/α,β-unsaturated/α-hetero) is 1. The third-order valence-electron chi connectivity index (χ3n) is 3.28. The Balaban J connectivity index is 2.19. The molecule has 8 nitrogen and oxygen atoms in total. The fourth-order valence-electron chi connectivity index (χ4n) is 2.13. The fourth-order valence-corrected chi connectivity index (χ4v) is 2.13. The zero-order valence-corrected chi connectivity index (χ0v) is 11.7. The van der Waals surface area contributed by atoms with Crippen molar-refractivity contribution in [1.82, 2.24) is 0 Å². The van der Waals surface area contributed by atoms with E-state index in [-0.39, 0.29) is 29.7 Å². The first-order valence-electron chi connectivity index (χ1n) is 6.48. The van der Waals surface area contributed by atoms with E-state index >= 15 is 0 Å². The smallest absolute Gasteiger partial charge is 0.210 e. The quantitative estimate of drug-likeness (QED) is 0.211. The van der Waals surface area contributed by atoms with E-state index in [2.05, 4.69) is 4.89 Å². The summed E-state index contributed by atoms with van der Waals surface area (Å²) in [6.45, 7) is 0. The predicted molar refractivity (Wildman–Crippen MR) is 77.1 cm³/mol. The van der Waals surface area contributed by atoms with Crippen molar-refractivity contribution in [1.29, 1.82) is 0 Å². The minimum atomic E-state index is -0.673. The Bertz CT molecular complexity index is 730. The molecule has 0 spiro atoms. The molecule has 0 heterocycles. The molecule has 6 N–H and O–H groups in total. The fraction of sp³-hybridized carbons (Fsp3) is 0.133. The van der Waals surface area contributed by atoms with Crippen LogP contribution in [0.3, 0.4) is 0 Å². The van der Waals surface area contributed by atoms with Gasteiger partial charge in [0.25, 0.3) is 0 Å². The number of rotatable bonds is 5. The van der Waals surface area contributed by atoms with Crippen LogP contribution >= 0.6 is 0 Å². The van der Waals surface area contributed by atoms with Gasteiger partial charge >= 0.3 is 0 Å². The highest BCUT2D eigenvalue weighted by Gasteiger charge is 2.19. The Morgan fingerprint density at radius 1 is 0.957 bits per heavy atom. The average Bonchev–Trinajstić information content (AvgIpc) is 2.47. The number of phenolic OH excluding ortho intramolecular Hbond substituents is 5. The molecule has 0 aromatic heterocycles. The van der Waals surface area contributed by atoms with E-state index in [9.17, 15) is 30.3 Å². The number of aromatic hydroxyl groups is 5. The highest BCUT2D eigenvalue weighted by atomic mass is 17.1. The maximum Gasteiger partial charge on any atom is 0.210 e. The van der Waals surface area contributed by atoms with Crippen molar-refractivity contribution in [3.63, 3.8) is 0 Å². The summed E-state index contributed by atoms with van der Waals surface area (Å²) in [6, 6.07) is 4.38. The molecule has 2 aromatic carbocycles. The number of phenols is 5. The molecule has 0 saturated heterocycles. The van der Waals surface area contributed by atoms with Crippen LogP contribution in [0.4, 0.5) is 0 Å². The van der Waals surface area contributed by atoms with Gasteiger partial charge in [0.2, 0.25) is 11.5 Å². The number of carbonyl (C=O) groups is 1. The molecule has 2 aromatic rings. The van der Waals surface area contributed by atoms with Gasteiger partial charge in [0.1, 0.15) is 22.8 Å². The zero-order chi connectivity index (χ0) is 17.1. The second-order valence-electron chi connectivity index (χ2n) is 4.79. The summed E-state index contributed by atoms with van der Waals surface area (Å²) in [7, 11) is 0. The van der Waals surface area contributed by atoms with Gasteiger partial charge in [0, 0.05) is 18.6 Å². The highest BCUT2D eigenvalue weighted by Crippen LogP contribution is 2.39. The normalized spacial score (nSPS) is 10.5. The van der Waals surface area contributed by atoms with Crippen LogP contribution in [0.2, 0.25) is 0 Å². The van der Waals surface area contributed by atoms with Crippen molar-refractivity contribution in [2.24, 2.45) is 0 Å². The van der Waals surface area contributed by atoms with Gasteiger partial charge < -0.3 is 30.4 Å². The Hall–Kier alpha value is -3.13. The second kappa shape index (κ2) is 6.32. The summed E-state index contributed by atoms with van der Waals surface area (Å²) in [5, 5.41) is 56.3. The first kappa shape index (κ1) is 16.2. The summed E-state index contributed by atoms with van der Waals surface area (Å²) in [5.41, 5.74) is -0.142. The van der Waals surface area contributed by atoms with E-state index in [1.807, 2.05) is 0 Å². The van der Waals surface area contributed by atoms with Gasteiger partial charge in [-0.05, 0) is 18.1 Å². The van der Waals surface area contributed by atoms with Gasteiger partial charge in [-0.1, -0.05) is 6.07 Å². The molecular weight excluding hydrogens is 308 g/mol. The van der Waals surface area contributed by atoms with Gasteiger partial charge in [-0.15, -0.1) is 0 Å². The standard InChI is InChI=1S/C15H14O8/c16-8-5-10(18)13(11(19)6-8)9(17)3-1-7-2-4-12(23-22)15(21)14(7)20/h2,4-6,16,18-22H,1,3H2. The zero-order valence-electron chi connectivity index (χ0n) is 11.7. The Kier molecular flexibility index (Phi) is 4.47. The van der Waals surface area contributed by atoms with E-state index < -0.39 is 34.5 Å². The van der Waals surface area contributed by atoms with Crippen molar-refractivity contribution in [2.75, 3.05) is 0 Å². The first-order chi connectivity index (χ1) is 10.8. The van der Waals surface area contributed by atoms with Crippen LogP contribution in [-0.4, -0.2) is 36.6 Å². The van der Waals surface area contributed by atoms with Gasteiger partial charge in [0.05, 0.1) is 0 Å². The van der Waals surface area contributed by atoms with Crippen LogP contribution < -0.4 is 4.89 Å². The number of hydrogen-bond donors (Lipinski definition) is 6. The Morgan fingerprint density at radius 2 is 1.57 bits per heavy atom. The number of benzene rings is 2. The predicted octanol–water partition coefficient (Wildman–Crippen LogP) is 1.88. The van der Waals surface area contributed by atoms with E-state index in [4.69, 9.17) is 5.26 Å². The van der Waals surface area contributed by atoms with Gasteiger partial charge in [0.15, 0.2) is 11.5 Å². The molecule has 122 valence electrons. The van der Waals surface area contributed by atoms with Crippen LogP contribution in [0, 0.1) is 0 Å². The maximum absolute atomic E-state index is 12.1. The Labute approximate surface area is 130 Å². The lowest BCUT2D eigenvalue weighted by atomic mass is 10.00. The summed E-state index contributed by atoms with van der Waals surface area (Å²) < 4.78 is 0. The summed E-state index contributed by atoms with van der Waals surface area (Å²) in [5.74, 6) is -3.71. The minimum absolute atomic E-state index is 0.0102. The second-order valence-corrected chi connectivity index (χ2v) is 4.79. The third kappa shape index (κ3) is 3.22. The number of hydrogen-bond acceptors (Lipinski definition) is 8. The highest BCUT2D eigenvalue weighted by molar-refractivity contribution is 6.01. The summed E-state index contributed by atoms with van der Waals surface area (Å²) in [4.78, 5) is 15.9. The van der Waals surface area contributed by atoms with Gasteiger partial charge in [-0.3, -0.25) is 4.79 Å². The summed E-state index contributed by atoms with van der Waals surface area (Å²) in [6.07, 6.45) is -0.206. The van der Waals surface area contributed by atoms with Crippen LogP contribution in [-0.2, 0) is 6.42 Å². The van der Waals surface area contributed by atoms with Gasteiger partial charge in [-0.25, -0.2) is 5.26 Å². The molecule has 0 aliphatic carbocycles. The van der Waals surface area contributed by atoms with Crippen molar-refractivity contribution in [3.8, 4) is 34.5 Å².